The van der Waals surface area contributed by atoms with Crippen molar-refractivity contribution < 1.29 is 4.79 Å². The molecule has 13 heavy (non-hydrogen) atoms. The Labute approximate surface area is 82.2 Å². The summed E-state index contributed by atoms with van der Waals surface area (Å²) in [4.78, 5) is 14.2. The van der Waals surface area contributed by atoms with Gasteiger partial charge in [-0.1, -0.05) is 6.07 Å². The maximum atomic E-state index is 11.3. The van der Waals surface area contributed by atoms with E-state index in [1.165, 1.54) is 4.88 Å². The summed E-state index contributed by atoms with van der Waals surface area (Å²) in [6.45, 7) is 1.12. The van der Waals surface area contributed by atoms with Crippen LogP contribution in [0.5, 0.6) is 0 Å². The molecule has 0 aliphatic carbocycles. The van der Waals surface area contributed by atoms with E-state index in [4.69, 9.17) is 5.73 Å². The lowest BCUT2D eigenvalue weighted by molar-refractivity contribution is -0.130. The second kappa shape index (κ2) is 4.99. The van der Waals surface area contributed by atoms with E-state index in [1.807, 2.05) is 17.5 Å². The molecule has 4 heteroatoms. The third kappa shape index (κ3) is 3.16. The van der Waals surface area contributed by atoms with Gasteiger partial charge in [-0.05, 0) is 11.4 Å². The number of amides is 1. The first-order chi connectivity index (χ1) is 6.24. The van der Waals surface area contributed by atoms with E-state index in [9.17, 15) is 4.79 Å². The molecular weight excluding hydrogens is 184 g/mol. The molecule has 2 N–H and O–H groups in total. The monoisotopic (exact) mass is 198 g/mol. The molecule has 0 radical (unpaired) electrons. The molecule has 0 atom stereocenters. The molecule has 72 valence electrons. The number of carbonyl (C=O) groups is 1. The van der Waals surface area contributed by atoms with Crippen LogP contribution < -0.4 is 5.73 Å². The second-order valence-electron chi connectivity index (χ2n) is 2.87. The predicted molar refractivity (Wildman–Crippen MR) is 54.5 cm³/mol. The molecule has 3 nitrogen and oxygen atoms in total. The van der Waals surface area contributed by atoms with E-state index >= 15 is 0 Å². The van der Waals surface area contributed by atoms with Crippen molar-refractivity contribution in [3.8, 4) is 0 Å². The largest absolute Gasteiger partial charge is 0.341 e. The lowest BCUT2D eigenvalue weighted by Gasteiger charge is -2.15. The summed E-state index contributed by atoms with van der Waals surface area (Å²) in [5, 5.41) is 2.01. The van der Waals surface area contributed by atoms with Crippen LogP contribution in [0.25, 0.3) is 0 Å². The average molecular weight is 198 g/mol. The normalized spacial score (nSPS) is 10.0. The SMILES string of the molecule is CN(Cc1cccs1)C(=O)CCN. The first kappa shape index (κ1) is 10.2. The molecular formula is C9H14N2OS. The molecule has 1 aromatic rings. The number of nitrogens with two attached hydrogens (primary N) is 1. The summed E-state index contributed by atoms with van der Waals surface area (Å²) in [6.07, 6.45) is 0.432. The predicted octanol–water partition coefficient (Wildman–Crippen LogP) is 1.06. The number of rotatable bonds is 4. The third-order valence-corrected chi connectivity index (χ3v) is 2.62. The van der Waals surface area contributed by atoms with Crippen molar-refractivity contribution in [1.29, 1.82) is 0 Å². The summed E-state index contributed by atoms with van der Waals surface area (Å²) in [7, 11) is 1.80. The molecule has 0 aliphatic rings. The van der Waals surface area contributed by atoms with Crippen LogP contribution in [0.15, 0.2) is 17.5 Å². The fourth-order valence-corrected chi connectivity index (χ4v) is 1.80. The van der Waals surface area contributed by atoms with E-state index in [0.29, 0.717) is 19.5 Å². The number of hydrogen-bond donors (Lipinski definition) is 1. The van der Waals surface area contributed by atoms with Crippen molar-refractivity contribution in [3.63, 3.8) is 0 Å². The fraction of sp³-hybridized carbons (Fsp3) is 0.444. The maximum absolute atomic E-state index is 11.3. The van der Waals surface area contributed by atoms with E-state index in [2.05, 4.69) is 0 Å². The minimum Gasteiger partial charge on any atom is -0.341 e. The first-order valence-corrected chi connectivity index (χ1v) is 5.08. The zero-order chi connectivity index (χ0) is 9.68. The molecule has 0 saturated heterocycles. The minimum absolute atomic E-state index is 0.107. The van der Waals surface area contributed by atoms with Crippen molar-refractivity contribution >= 4 is 17.2 Å². The maximum Gasteiger partial charge on any atom is 0.223 e. The number of thiophene rings is 1. The molecule has 0 spiro atoms. The summed E-state index contributed by atoms with van der Waals surface area (Å²) in [5.41, 5.74) is 5.30. The van der Waals surface area contributed by atoms with Gasteiger partial charge in [-0.3, -0.25) is 4.79 Å². The Hall–Kier alpha value is -0.870. The zero-order valence-electron chi connectivity index (χ0n) is 7.69. The molecule has 0 aliphatic heterocycles. The molecule has 1 rings (SSSR count). The Kier molecular flexibility index (Phi) is 3.92. The van der Waals surface area contributed by atoms with Gasteiger partial charge in [0, 0.05) is 24.9 Å². The lowest BCUT2D eigenvalue weighted by Crippen LogP contribution is -2.27. The third-order valence-electron chi connectivity index (χ3n) is 1.76. The van der Waals surface area contributed by atoms with Crippen LogP contribution in [0, 0.1) is 0 Å². The minimum atomic E-state index is 0.107. The first-order valence-electron chi connectivity index (χ1n) is 4.20. The van der Waals surface area contributed by atoms with Crippen LogP contribution in [0.4, 0.5) is 0 Å². The lowest BCUT2D eigenvalue weighted by atomic mass is 10.3. The van der Waals surface area contributed by atoms with Crippen LogP contribution in [0.1, 0.15) is 11.3 Å². The van der Waals surface area contributed by atoms with Crippen molar-refractivity contribution in [1.82, 2.24) is 4.90 Å². The average Bonchev–Trinajstić information content (AvgIpc) is 2.57. The van der Waals surface area contributed by atoms with Gasteiger partial charge in [0.1, 0.15) is 0 Å². The van der Waals surface area contributed by atoms with Gasteiger partial charge in [-0.15, -0.1) is 11.3 Å². The standard InChI is InChI=1S/C9H14N2OS/c1-11(9(12)4-5-10)7-8-3-2-6-13-8/h2-3,6H,4-5,7,10H2,1H3. The summed E-state index contributed by atoms with van der Waals surface area (Å²) >= 11 is 1.66. The van der Waals surface area contributed by atoms with Gasteiger partial charge in [-0.2, -0.15) is 0 Å². The summed E-state index contributed by atoms with van der Waals surface area (Å²) in [5.74, 6) is 0.107. The molecule has 0 fully saturated rings. The van der Waals surface area contributed by atoms with Crippen molar-refractivity contribution in [2.45, 2.75) is 13.0 Å². The van der Waals surface area contributed by atoms with Gasteiger partial charge < -0.3 is 10.6 Å². The number of carbonyl (C=O) groups excluding carboxylic acids is 1. The molecule has 1 aromatic heterocycles. The van der Waals surface area contributed by atoms with E-state index in [1.54, 1.807) is 23.3 Å². The topological polar surface area (TPSA) is 46.3 Å². The van der Waals surface area contributed by atoms with Crippen LogP contribution in [0.2, 0.25) is 0 Å². The molecule has 1 heterocycles. The van der Waals surface area contributed by atoms with Gasteiger partial charge in [0.25, 0.3) is 0 Å². The van der Waals surface area contributed by atoms with Crippen molar-refractivity contribution in [2.75, 3.05) is 13.6 Å². The Balaban J connectivity index is 2.41. The highest BCUT2D eigenvalue weighted by atomic mass is 32.1. The van der Waals surface area contributed by atoms with Gasteiger partial charge in [0.2, 0.25) is 5.91 Å². The van der Waals surface area contributed by atoms with Crippen LogP contribution in [-0.4, -0.2) is 24.4 Å². The second-order valence-corrected chi connectivity index (χ2v) is 3.90. The molecule has 0 bridgehead atoms. The highest BCUT2D eigenvalue weighted by Crippen LogP contribution is 2.10. The Morgan fingerprint density at radius 2 is 2.46 bits per heavy atom. The van der Waals surface area contributed by atoms with E-state index < -0.39 is 0 Å². The van der Waals surface area contributed by atoms with E-state index in [0.717, 1.165) is 0 Å². The van der Waals surface area contributed by atoms with Gasteiger partial charge >= 0.3 is 0 Å². The number of hydrogen-bond acceptors (Lipinski definition) is 3. The highest BCUT2D eigenvalue weighted by molar-refractivity contribution is 7.09. The quantitative estimate of drug-likeness (QED) is 0.786. The Morgan fingerprint density at radius 3 is 3.00 bits per heavy atom. The Bertz CT molecular complexity index is 259. The Morgan fingerprint density at radius 1 is 1.69 bits per heavy atom. The molecule has 0 saturated carbocycles. The van der Waals surface area contributed by atoms with Crippen LogP contribution >= 0.6 is 11.3 Å². The number of nitrogens with zero attached hydrogens (tertiary/aromatic N) is 1. The molecule has 0 aromatic carbocycles. The molecule has 1 amide bonds. The van der Waals surface area contributed by atoms with Gasteiger partial charge in [0.15, 0.2) is 0 Å². The fourth-order valence-electron chi connectivity index (χ4n) is 1.04. The molecule has 0 unspecified atom stereocenters. The van der Waals surface area contributed by atoms with Crippen molar-refractivity contribution in [2.24, 2.45) is 5.73 Å². The van der Waals surface area contributed by atoms with E-state index in [-0.39, 0.29) is 5.91 Å². The summed E-state index contributed by atoms with van der Waals surface area (Å²) in [6, 6.07) is 4.01. The van der Waals surface area contributed by atoms with Gasteiger partial charge in [-0.25, -0.2) is 0 Å². The van der Waals surface area contributed by atoms with Crippen molar-refractivity contribution in [3.05, 3.63) is 22.4 Å². The smallest absolute Gasteiger partial charge is 0.223 e. The zero-order valence-corrected chi connectivity index (χ0v) is 8.51. The van der Waals surface area contributed by atoms with Crippen LogP contribution in [-0.2, 0) is 11.3 Å². The summed E-state index contributed by atoms with van der Waals surface area (Å²) < 4.78 is 0. The van der Waals surface area contributed by atoms with Gasteiger partial charge in [0.05, 0.1) is 6.54 Å². The van der Waals surface area contributed by atoms with Crippen LogP contribution in [0.3, 0.4) is 0 Å². The highest BCUT2D eigenvalue weighted by Gasteiger charge is 2.07.